The molecule has 2 aromatic heterocycles. The van der Waals surface area contributed by atoms with E-state index in [2.05, 4.69) is 41.6 Å². The first kappa shape index (κ1) is 19.0. The van der Waals surface area contributed by atoms with E-state index in [4.69, 9.17) is 19.9 Å². The van der Waals surface area contributed by atoms with Gasteiger partial charge in [0.05, 0.1) is 0 Å². The Hall–Kier alpha value is -2.38. The van der Waals surface area contributed by atoms with Crippen LogP contribution in [0.2, 0.25) is 0 Å². The highest BCUT2D eigenvalue weighted by Crippen LogP contribution is 2.33. The summed E-state index contributed by atoms with van der Waals surface area (Å²) < 4.78 is 0. The highest BCUT2D eigenvalue weighted by molar-refractivity contribution is 5.94. The van der Waals surface area contributed by atoms with E-state index in [-0.39, 0.29) is 0 Å². The van der Waals surface area contributed by atoms with E-state index in [9.17, 15) is 0 Å². The van der Waals surface area contributed by atoms with Crippen LogP contribution in [0, 0.1) is 11.8 Å². The van der Waals surface area contributed by atoms with Gasteiger partial charge in [-0.1, -0.05) is 0 Å². The summed E-state index contributed by atoms with van der Waals surface area (Å²) in [6.07, 6.45) is 5.18. The molecule has 4 rings (SSSR count). The van der Waals surface area contributed by atoms with E-state index in [1.807, 2.05) is 0 Å². The topological polar surface area (TPSA) is 90.9 Å². The van der Waals surface area contributed by atoms with Crippen LogP contribution in [0.4, 0.5) is 23.5 Å². The van der Waals surface area contributed by atoms with E-state index < -0.39 is 0 Å². The molecule has 0 radical (unpaired) electrons. The summed E-state index contributed by atoms with van der Waals surface area (Å²) in [5.74, 6) is 4.49. The van der Waals surface area contributed by atoms with Crippen LogP contribution >= 0.6 is 0 Å². The highest BCUT2D eigenvalue weighted by Gasteiger charge is 2.25. The number of fused-ring (bicyclic) bond motifs is 1. The lowest BCUT2D eigenvalue weighted by molar-refractivity contribution is 0.821. The maximum absolute atomic E-state index is 4.88. The molecule has 0 spiro atoms. The maximum Gasteiger partial charge on any atom is 0.228 e. The zero-order valence-corrected chi connectivity index (χ0v) is 17.3. The molecule has 0 amide bonds. The molecule has 2 aliphatic rings. The van der Waals surface area contributed by atoms with E-state index in [0.717, 1.165) is 73.2 Å². The summed E-state index contributed by atoms with van der Waals surface area (Å²) in [5.41, 5.74) is 1.60. The van der Waals surface area contributed by atoms with Crippen LogP contribution < -0.4 is 20.9 Å². The first-order valence-corrected chi connectivity index (χ1v) is 10.8. The van der Waals surface area contributed by atoms with Gasteiger partial charge in [0, 0.05) is 32.7 Å². The van der Waals surface area contributed by atoms with Crippen molar-refractivity contribution < 1.29 is 0 Å². The minimum atomic E-state index is 0.627. The minimum Gasteiger partial charge on any atom is -0.368 e. The third kappa shape index (κ3) is 4.36. The summed E-state index contributed by atoms with van der Waals surface area (Å²) in [6, 6.07) is 0. The second-order valence-electron chi connectivity index (χ2n) is 7.82. The molecule has 8 heteroatoms. The molecular formula is C20H32N8. The Morgan fingerprint density at radius 3 is 1.86 bits per heavy atom. The molecule has 3 N–H and O–H groups in total. The van der Waals surface area contributed by atoms with Gasteiger partial charge in [-0.05, 0) is 58.3 Å². The lowest BCUT2D eigenvalue weighted by Crippen LogP contribution is -2.25. The van der Waals surface area contributed by atoms with E-state index in [1.165, 1.54) is 25.7 Å². The number of nitrogens with one attached hydrogen (secondary N) is 3. The Balaban J connectivity index is 1.78. The van der Waals surface area contributed by atoms with Gasteiger partial charge in [0.15, 0.2) is 11.6 Å². The highest BCUT2D eigenvalue weighted by atomic mass is 15.3. The van der Waals surface area contributed by atoms with E-state index >= 15 is 0 Å². The van der Waals surface area contributed by atoms with Gasteiger partial charge < -0.3 is 20.9 Å². The smallest absolute Gasteiger partial charge is 0.228 e. The molecule has 8 nitrogen and oxygen atoms in total. The van der Waals surface area contributed by atoms with Gasteiger partial charge in [0.25, 0.3) is 0 Å². The normalized spacial score (nSPS) is 16.2. The summed E-state index contributed by atoms with van der Waals surface area (Å²) >= 11 is 0. The molecule has 2 aromatic rings. The van der Waals surface area contributed by atoms with Gasteiger partial charge in [-0.2, -0.15) is 9.97 Å². The van der Waals surface area contributed by atoms with Crippen LogP contribution in [-0.2, 0) is 0 Å². The second-order valence-corrected chi connectivity index (χ2v) is 7.82. The quantitative estimate of drug-likeness (QED) is 0.543. The predicted octanol–water partition coefficient (Wildman–Crippen LogP) is 3.34. The first-order chi connectivity index (χ1) is 13.7. The van der Waals surface area contributed by atoms with Crippen molar-refractivity contribution in [2.75, 3.05) is 53.6 Å². The third-order valence-corrected chi connectivity index (χ3v) is 5.42. The van der Waals surface area contributed by atoms with Crippen LogP contribution in [0.15, 0.2) is 0 Å². The number of rotatable bonds is 11. The van der Waals surface area contributed by atoms with E-state index in [1.54, 1.807) is 0 Å². The Morgan fingerprint density at radius 2 is 1.32 bits per heavy atom. The van der Waals surface area contributed by atoms with Crippen molar-refractivity contribution >= 4 is 34.6 Å². The number of hydrogen-bond acceptors (Lipinski definition) is 8. The minimum absolute atomic E-state index is 0.627. The fourth-order valence-electron chi connectivity index (χ4n) is 3.26. The molecule has 0 unspecified atom stereocenters. The molecule has 0 atom stereocenters. The molecule has 0 bridgehead atoms. The Labute approximate surface area is 166 Å². The first-order valence-electron chi connectivity index (χ1n) is 10.8. The molecule has 0 aliphatic heterocycles. The number of aromatic nitrogens is 4. The maximum atomic E-state index is 4.88. The zero-order valence-electron chi connectivity index (χ0n) is 17.3. The number of hydrogen-bond donors (Lipinski definition) is 3. The molecule has 28 heavy (non-hydrogen) atoms. The standard InChI is InChI=1S/C20H32N8/c1-4-21-19-24-15-16(17(26-19)22-11-13-7-8-13)25-20(28(5-2)6-3)27-18(15)23-12-14-9-10-14/h13-14H,4-12H2,1-3H3,(H,23,25,27)(H2,21,22,24,26). The van der Waals surface area contributed by atoms with Crippen molar-refractivity contribution in [3.05, 3.63) is 0 Å². The van der Waals surface area contributed by atoms with Crippen molar-refractivity contribution in [2.45, 2.75) is 46.5 Å². The van der Waals surface area contributed by atoms with E-state index in [0.29, 0.717) is 5.95 Å². The molecule has 152 valence electrons. The van der Waals surface area contributed by atoms with Gasteiger partial charge in [-0.15, -0.1) is 0 Å². The van der Waals surface area contributed by atoms with Crippen LogP contribution in [0.1, 0.15) is 46.5 Å². The van der Waals surface area contributed by atoms with Crippen molar-refractivity contribution in [1.82, 2.24) is 19.9 Å². The lowest BCUT2D eigenvalue weighted by Gasteiger charge is -2.21. The summed E-state index contributed by atoms with van der Waals surface area (Å²) in [7, 11) is 0. The molecule has 0 aromatic carbocycles. The molecule has 0 saturated heterocycles. The van der Waals surface area contributed by atoms with Crippen molar-refractivity contribution in [3.8, 4) is 0 Å². The Kier molecular flexibility index (Phi) is 5.64. The fraction of sp³-hybridized carbons (Fsp3) is 0.700. The second kappa shape index (κ2) is 8.32. The lowest BCUT2D eigenvalue weighted by atomic mass is 10.3. The summed E-state index contributed by atoms with van der Waals surface area (Å²) in [4.78, 5) is 21.4. The third-order valence-electron chi connectivity index (χ3n) is 5.42. The monoisotopic (exact) mass is 384 g/mol. The van der Waals surface area contributed by atoms with Crippen LogP contribution in [-0.4, -0.2) is 52.7 Å². The summed E-state index contributed by atoms with van der Waals surface area (Å²) in [6.45, 7) is 10.7. The van der Waals surface area contributed by atoms with Gasteiger partial charge in [-0.3, -0.25) is 0 Å². The van der Waals surface area contributed by atoms with Gasteiger partial charge in [-0.25, -0.2) is 9.97 Å². The number of anilines is 4. The van der Waals surface area contributed by atoms with Gasteiger partial charge in [0.2, 0.25) is 11.9 Å². The van der Waals surface area contributed by atoms with Gasteiger partial charge in [0.1, 0.15) is 11.0 Å². The SMILES string of the molecule is CCNc1nc(NCC2CC2)c2nc(N(CC)CC)nc(NCC3CC3)c2n1. The molecule has 2 heterocycles. The van der Waals surface area contributed by atoms with Crippen molar-refractivity contribution in [1.29, 1.82) is 0 Å². The van der Waals surface area contributed by atoms with Gasteiger partial charge >= 0.3 is 0 Å². The molecule has 2 fully saturated rings. The average molecular weight is 385 g/mol. The number of nitrogens with zero attached hydrogens (tertiary/aromatic N) is 5. The fourth-order valence-corrected chi connectivity index (χ4v) is 3.26. The van der Waals surface area contributed by atoms with Crippen molar-refractivity contribution in [3.63, 3.8) is 0 Å². The van der Waals surface area contributed by atoms with Crippen molar-refractivity contribution in [2.24, 2.45) is 11.8 Å². The van der Waals surface area contributed by atoms with Crippen LogP contribution in [0.3, 0.4) is 0 Å². The average Bonchev–Trinajstić information content (AvgIpc) is 3.61. The van der Waals surface area contributed by atoms with Crippen LogP contribution in [0.25, 0.3) is 11.0 Å². The largest absolute Gasteiger partial charge is 0.368 e. The zero-order chi connectivity index (χ0) is 19.5. The molecular weight excluding hydrogens is 352 g/mol. The van der Waals surface area contributed by atoms with Crippen LogP contribution in [0.5, 0.6) is 0 Å². The summed E-state index contributed by atoms with van der Waals surface area (Å²) in [5, 5.41) is 10.3. The Morgan fingerprint density at radius 1 is 0.750 bits per heavy atom. The molecule has 2 saturated carbocycles. The molecule has 2 aliphatic carbocycles. The Bertz CT molecular complexity index is 811. The predicted molar refractivity (Wildman–Crippen MR) is 115 cm³/mol.